The molecular formula is C27H36N4O4. The minimum absolute atomic E-state index is 0.0884. The number of aryl methyl sites for hydroxylation is 2. The molecule has 8 nitrogen and oxygen atoms in total. The number of para-hydroxylation sites is 1. The number of carbonyl (C=O) groups is 3. The van der Waals surface area contributed by atoms with E-state index in [9.17, 15) is 14.4 Å². The standard InChI is InChI=1S/C27H36N4O4/c1-20-16-22(18-28-17-20)26(33)29(2)15-9-12-23-27(34)30(3)14-8-7-11-21-10-5-6-13-24(21)35-19-25(32)31(23)4/h5-6,10,13,16-18,23H,7-9,11-12,14-15,19H2,1-4H3/t23-/m0/s1. The molecule has 0 fully saturated rings. The molecule has 8 heteroatoms. The van der Waals surface area contributed by atoms with Crippen molar-refractivity contribution in [3.05, 3.63) is 59.4 Å². The second-order valence-corrected chi connectivity index (χ2v) is 9.25. The number of ether oxygens (including phenoxy) is 1. The van der Waals surface area contributed by atoms with Gasteiger partial charge in [0, 0.05) is 46.6 Å². The number of benzene rings is 1. The van der Waals surface area contributed by atoms with E-state index in [4.69, 9.17) is 4.74 Å². The molecule has 0 saturated carbocycles. The first-order valence-electron chi connectivity index (χ1n) is 12.2. The van der Waals surface area contributed by atoms with E-state index in [1.807, 2.05) is 37.3 Å². The van der Waals surface area contributed by atoms with E-state index in [2.05, 4.69) is 4.98 Å². The van der Waals surface area contributed by atoms with E-state index in [1.165, 1.54) is 4.90 Å². The third-order valence-corrected chi connectivity index (χ3v) is 6.48. The van der Waals surface area contributed by atoms with E-state index in [-0.39, 0.29) is 24.3 Å². The van der Waals surface area contributed by atoms with Gasteiger partial charge in [-0.1, -0.05) is 18.2 Å². The van der Waals surface area contributed by atoms with Gasteiger partial charge < -0.3 is 19.4 Å². The lowest BCUT2D eigenvalue weighted by atomic mass is 10.1. The highest BCUT2D eigenvalue weighted by molar-refractivity contribution is 5.94. The van der Waals surface area contributed by atoms with Gasteiger partial charge in [0.15, 0.2) is 6.61 Å². The molecule has 3 amide bonds. The SMILES string of the molecule is Cc1cncc(C(=O)N(C)CCC[C@H]2C(=O)N(C)CCCCc3ccccc3OCC(=O)N2C)c1. The van der Waals surface area contributed by atoms with Crippen molar-refractivity contribution in [2.75, 3.05) is 40.8 Å². The fraction of sp³-hybridized carbons (Fsp3) is 0.481. The largest absolute Gasteiger partial charge is 0.483 e. The van der Waals surface area contributed by atoms with E-state index >= 15 is 0 Å². The molecule has 1 aliphatic heterocycles. The highest BCUT2D eigenvalue weighted by Gasteiger charge is 2.29. The first-order valence-corrected chi connectivity index (χ1v) is 12.2. The summed E-state index contributed by atoms with van der Waals surface area (Å²) in [6.45, 7) is 2.86. The number of rotatable bonds is 5. The highest BCUT2D eigenvalue weighted by atomic mass is 16.5. The summed E-state index contributed by atoms with van der Waals surface area (Å²) in [4.78, 5) is 47.9. The number of aromatic nitrogens is 1. The zero-order chi connectivity index (χ0) is 25.4. The number of hydrogen-bond donors (Lipinski definition) is 0. The molecule has 1 aromatic carbocycles. The lowest BCUT2D eigenvalue weighted by Crippen LogP contribution is -2.50. The number of nitrogens with zero attached hydrogens (tertiary/aromatic N) is 4. The Kier molecular flexibility index (Phi) is 9.23. The van der Waals surface area contributed by atoms with Crippen LogP contribution in [-0.4, -0.2) is 84.3 Å². The summed E-state index contributed by atoms with van der Waals surface area (Å²) in [5.74, 6) is 0.266. The molecule has 1 aromatic heterocycles. The molecule has 0 bridgehead atoms. The van der Waals surface area contributed by atoms with Gasteiger partial charge >= 0.3 is 0 Å². The van der Waals surface area contributed by atoms with Crippen LogP contribution in [0.5, 0.6) is 5.75 Å². The maximum absolute atomic E-state index is 13.3. The van der Waals surface area contributed by atoms with Gasteiger partial charge in [-0.2, -0.15) is 0 Å². The van der Waals surface area contributed by atoms with Gasteiger partial charge in [-0.25, -0.2) is 0 Å². The predicted octanol–water partition coefficient (Wildman–Crippen LogP) is 2.94. The lowest BCUT2D eigenvalue weighted by molar-refractivity contribution is -0.145. The zero-order valence-corrected chi connectivity index (χ0v) is 21.2. The summed E-state index contributed by atoms with van der Waals surface area (Å²) in [7, 11) is 5.18. The third kappa shape index (κ3) is 7.04. The smallest absolute Gasteiger partial charge is 0.260 e. The highest BCUT2D eigenvalue weighted by Crippen LogP contribution is 2.21. The van der Waals surface area contributed by atoms with Crippen LogP contribution >= 0.6 is 0 Å². The Hall–Kier alpha value is -3.42. The number of likely N-dealkylation sites (N-methyl/N-ethyl adjacent to an activating group) is 2. The Morgan fingerprint density at radius 2 is 1.94 bits per heavy atom. The van der Waals surface area contributed by atoms with Crippen molar-refractivity contribution < 1.29 is 19.1 Å². The van der Waals surface area contributed by atoms with E-state index in [0.717, 1.165) is 36.1 Å². The monoisotopic (exact) mass is 480 g/mol. The molecule has 2 aromatic rings. The van der Waals surface area contributed by atoms with Gasteiger partial charge in [0.25, 0.3) is 11.8 Å². The average Bonchev–Trinajstić information content (AvgIpc) is 2.86. The summed E-state index contributed by atoms with van der Waals surface area (Å²) < 4.78 is 5.85. The summed E-state index contributed by atoms with van der Waals surface area (Å²) in [5.41, 5.74) is 2.53. The molecule has 0 spiro atoms. The number of pyridine rings is 1. The number of carbonyl (C=O) groups excluding carboxylic acids is 3. The predicted molar refractivity (Wildman–Crippen MR) is 134 cm³/mol. The van der Waals surface area contributed by atoms with Gasteiger partial charge in [-0.05, 0) is 62.3 Å². The van der Waals surface area contributed by atoms with Crippen LogP contribution in [0.3, 0.4) is 0 Å². The molecule has 1 atom stereocenters. The van der Waals surface area contributed by atoms with Crippen molar-refractivity contribution >= 4 is 17.7 Å². The maximum atomic E-state index is 13.3. The number of hydrogen-bond acceptors (Lipinski definition) is 5. The molecule has 0 saturated heterocycles. The molecular weight excluding hydrogens is 444 g/mol. The van der Waals surface area contributed by atoms with Crippen molar-refractivity contribution in [1.82, 2.24) is 19.7 Å². The van der Waals surface area contributed by atoms with Crippen molar-refractivity contribution in [3.8, 4) is 5.75 Å². The third-order valence-electron chi connectivity index (χ3n) is 6.48. The van der Waals surface area contributed by atoms with Crippen LogP contribution in [0.4, 0.5) is 0 Å². The van der Waals surface area contributed by atoms with Crippen LogP contribution in [0, 0.1) is 6.92 Å². The molecule has 188 valence electrons. The summed E-state index contributed by atoms with van der Waals surface area (Å²) in [5, 5.41) is 0. The average molecular weight is 481 g/mol. The lowest BCUT2D eigenvalue weighted by Gasteiger charge is -2.31. The Balaban J connectivity index is 1.67. The van der Waals surface area contributed by atoms with Crippen molar-refractivity contribution in [2.45, 2.75) is 45.1 Å². The van der Waals surface area contributed by atoms with Crippen LogP contribution in [-0.2, 0) is 16.0 Å². The fourth-order valence-corrected chi connectivity index (χ4v) is 4.29. The summed E-state index contributed by atoms with van der Waals surface area (Å²) in [6.07, 6.45) is 6.92. The Bertz CT molecular complexity index is 1040. The van der Waals surface area contributed by atoms with E-state index in [1.54, 1.807) is 43.3 Å². The normalized spacial score (nSPS) is 17.5. The topological polar surface area (TPSA) is 83.0 Å². The minimum Gasteiger partial charge on any atom is -0.483 e. The van der Waals surface area contributed by atoms with Gasteiger partial charge in [0.2, 0.25) is 5.91 Å². The molecule has 2 heterocycles. The zero-order valence-electron chi connectivity index (χ0n) is 21.2. The van der Waals surface area contributed by atoms with Crippen LogP contribution < -0.4 is 4.74 Å². The first kappa shape index (κ1) is 26.2. The molecule has 35 heavy (non-hydrogen) atoms. The maximum Gasteiger partial charge on any atom is 0.260 e. The molecule has 0 unspecified atom stereocenters. The minimum atomic E-state index is -0.615. The van der Waals surface area contributed by atoms with E-state index in [0.29, 0.717) is 31.5 Å². The van der Waals surface area contributed by atoms with E-state index < -0.39 is 6.04 Å². The van der Waals surface area contributed by atoms with Crippen LogP contribution in [0.15, 0.2) is 42.7 Å². The van der Waals surface area contributed by atoms with Crippen molar-refractivity contribution in [2.24, 2.45) is 0 Å². The van der Waals surface area contributed by atoms with Crippen molar-refractivity contribution in [1.29, 1.82) is 0 Å². The van der Waals surface area contributed by atoms with Gasteiger partial charge in [0.05, 0.1) is 5.56 Å². The van der Waals surface area contributed by atoms with Crippen LogP contribution in [0.2, 0.25) is 0 Å². The second-order valence-electron chi connectivity index (χ2n) is 9.25. The summed E-state index contributed by atoms with van der Waals surface area (Å²) >= 11 is 0. The molecule has 0 N–H and O–H groups in total. The Labute approximate surface area is 207 Å². The Morgan fingerprint density at radius 3 is 2.71 bits per heavy atom. The molecule has 1 aliphatic rings. The van der Waals surface area contributed by atoms with Crippen LogP contribution in [0.25, 0.3) is 0 Å². The molecule has 0 radical (unpaired) electrons. The van der Waals surface area contributed by atoms with Gasteiger partial charge in [0.1, 0.15) is 11.8 Å². The number of amides is 3. The van der Waals surface area contributed by atoms with Crippen LogP contribution in [0.1, 0.15) is 47.2 Å². The second kappa shape index (κ2) is 12.3. The van der Waals surface area contributed by atoms with Gasteiger partial charge in [-0.3, -0.25) is 19.4 Å². The summed E-state index contributed by atoms with van der Waals surface area (Å²) in [6, 6.07) is 8.97. The molecule has 3 rings (SSSR count). The number of fused-ring (bicyclic) bond motifs is 1. The fourth-order valence-electron chi connectivity index (χ4n) is 4.29. The quantitative estimate of drug-likeness (QED) is 0.657. The molecule has 0 aliphatic carbocycles. The first-order chi connectivity index (χ1) is 16.8. The Morgan fingerprint density at radius 1 is 1.17 bits per heavy atom. The van der Waals surface area contributed by atoms with Gasteiger partial charge in [-0.15, -0.1) is 0 Å². The van der Waals surface area contributed by atoms with Crippen molar-refractivity contribution in [3.63, 3.8) is 0 Å².